The standard InChI is InChI=1S/C62H117NO13/c1-3-5-7-9-11-13-15-17-19-21-23-25-27-29-31-33-35-37-39-41-43-45-51(66)50(49-73-61-59(72)57(70)60(53(48-65)75-61)76-62-58(71)56(69)55(68)52(47-64)74-62)63-54(67)46-44-42-40-38-36-34-32-30-28-26-24-22-20-18-16-14-12-10-8-6-4-2/h16,18,22,24,50-53,55-62,64-66,68-72H,3-15,17,19-21,23,25-49H2,1-2H3,(H,63,67)/b18-16-,24-22-. The molecule has 2 fully saturated rings. The fourth-order valence-electron chi connectivity index (χ4n) is 10.6. The van der Waals surface area contributed by atoms with Crippen LogP contribution in [0.5, 0.6) is 0 Å². The molecule has 0 aromatic heterocycles. The lowest BCUT2D eigenvalue weighted by Crippen LogP contribution is -2.65. The highest BCUT2D eigenvalue weighted by molar-refractivity contribution is 5.76. The zero-order chi connectivity index (χ0) is 55.3. The Kier molecular flexibility index (Phi) is 44.8. The molecule has 12 atom stereocenters. The van der Waals surface area contributed by atoms with Crippen LogP contribution in [-0.4, -0.2) is 140 Å². The Morgan fingerprint density at radius 2 is 0.868 bits per heavy atom. The molecule has 1 amide bonds. The fourth-order valence-corrected chi connectivity index (χ4v) is 10.6. The van der Waals surface area contributed by atoms with Gasteiger partial charge < -0.3 is 65.1 Å². The topological polar surface area (TPSA) is 228 Å². The van der Waals surface area contributed by atoms with Crippen LogP contribution in [0.15, 0.2) is 24.3 Å². The molecule has 2 rings (SSSR count). The molecule has 0 aliphatic carbocycles. The Labute approximate surface area is 462 Å². The molecule has 76 heavy (non-hydrogen) atoms. The first-order chi connectivity index (χ1) is 37.1. The summed E-state index contributed by atoms with van der Waals surface area (Å²) in [5, 5.41) is 87.4. The van der Waals surface area contributed by atoms with Crippen LogP contribution in [0.3, 0.4) is 0 Å². The molecule has 0 bridgehead atoms. The molecule has 9 N–H and O–H groups in total. The number of aliphatic hydroxyl groups excluding tert-OH is 8. The molecule has 2 saturated heterocycles. The van der Waals surface area contributed by atoms with Crippen molar-refractivity contribution in [1.29, 1.82) is 0 Å². The number of allylic oxidation sites excluding steroid dienone is 4. The highest BCUT2D eigenvalue weighted by Gasteiger charge is 2.51. The van der Waals surface area contributed by atoms with Gasteiger partial charge >= 0.3 is 0 Å². The largest absolute Gasteiger partial charge is 0.394 e. The molecule has 2 aliphatic rings. The second-order valence-corrected chi connectivity index (χ2v) is 22.5. The molecule has 0 aromatic rings. The van der Waals surface area contributed by atoms with Gasteiger partial charge in [0.15, 0.2) is 12.6 Å². The van der Waals surface area contributed by atoms with Crippen molar-refractivity contribution in [3.05, 3.63) is 24.3 Å². The summed E-state index contributed by atoms with van der Waals surface area (Å²) in [6.07, 6.45) is 40.3. The Balaban J connectivity index is 1.73. The maximum absolute atomic E-state index is 13.3. The summed E-state index contributed by atoms with van der Waals surface area (Å²) in [6, 6.07) is -0.830. The number of carbonyl (C=O) groups is 1. The molecule has 0 saturated carbocycles. The van der Waals surface area contributed by atoms with Gasteiger partial charge in [-0.1, -0.05) is 244 Å². The third-order valence-corrected chi connectivity index (χ3v) is 15.7. The number of unbranched alkanes of at least 4 members (excludes halogenated alkanes) is 34. The molecule has 0 radical (unpaired) electrons. The summed E-state index contributed by atoms with van der Waals surface area (Å²) in [4.78, 5) is 13.3. The third kappa shape index (κ3) is 33.3. The SMILES string of the molecule is CCCCCCC/C=C\C/C=C\CCCCCCCCCCCC(=O)NC(COC1OC(CO)C(OC2OC(CO)C(O)C(O)C2O)C(O)C1O)C(O)CCCCCCCCCCCCCCCCCCCCCCC. The van der Waals surface area contributed by atoms with E-state index in [1.54, 1.807) is 0 Å². The maximum atomic E-state index is 13.3. The normalized spacial score (nSPS) is 25.0. The molecular formula is C62H117NO13. The van der Waals surface area contributed by atoms with E-state index in [2.05, 4.69) is 43.5 Å². The summed E-state index contributed by atoms with van der Waals surface area (Å²) >= 11 is 0. The van der Waals surface area contributed by atoms with E-state index < -0.39 is 86.8 Å². The number of aliphatic hydroxyl groups is 8. The van der Waals surface area contributed by atoms with E-state index in [1.165, 1.54) is 180 Å². The van der Waals surface area contributed by atoms with Gasteiger partial charge in [-0.15, -0.1) is 0 Å². The third-order valence-electron chi connectivity index (χ3n) is 15.7. The highest BCUT2D eigenvalue weighted by Crippen LogP contribution is 2.30. The van der Waals surface area contributed by atoms with Crippen LogP contribution in [0.2, 0.25) is 0 Å². The first-order valence-electron chi connectivity index (χ1n) is 31.6. The lowest BCUT2D eigenvalue weighted by atomic mass is 9.97. The number of hydrogen-bond acceptors (Lipinski definition) is 13. The minimum absolute atomic E-state index is 0.208. The van der Waals surface area contributed by atoms with Gasteiger partial charge in [-0.25, -0.2) is 0 Å². The zero-order valence-electron chi connectivity index (χ0n) is 48.3. The monoisotopic (exact) mass is 1080 g/mol. The molecule has 14 nitrogen and oxygen atoms in total. The first kappa shape index (κ1) is 70.6. The van der Waals surface area contributed by atoms with E-state index >= 15 is 0 Å². The van der Waals surface area contributed by atoms with Gasteiger partial charge in [-0.05, 0) is 44.9 Å². The summed E-state index contributed by atoms with van der Waals surface area (Å²) in [5.74, 6) is -0.208. The van der Waals surface area contributed by atoms with Gasteiger partial charge in [0.1, 0.15) is 48.8 Å². The van der Waals surface area contributed by atoms with Crippen LogP contribution in [0, 0.1) is 0 Å². The lowest BCUT2D eigenvalue weighted by molar-refractivity contribution is -0.359. The van der Waals surface area contributed by atoms with Crippen LogP contribution < -0.4 is 5.32 Å². The minimum atomic E-state index is -1.78. The van der Waals surface area contributed by atoms with Gasteiger partial charge in [-0.2, -0.15) is 0 Å². The van der Waals surface area contributed by atoms with Gasteiger partial charge in [0.2, 0.25) is 5.91 Å². The smallest absolute Gasteiger partial charge is 0.220 e. The van der Waals surface area contributed by atoms with Gasteiger partial charge in [0, 0.05) is 6.42 Å². The van der Waals surface area contributed by atoms with Crippen molar-refractivity contribution in [2.75, 3.05) is 19.8 Å². The van der Waals surface area contributed by atoms with Crippen molar-refractivity contribution in [2.45, 2.75) is 344 Å². The summed E-state index contributed by atoms with van der Waals surface area (Å²) in [6.45, 7) is 2.88. The number of rotatable bonds is 51. The quantitative estimate of drug-likeness (QED) is 0.0204. The van der Waals surface area contributed by atoms with Crippen molar-refractivity contribution >= 4 is 5.91 Å². The predicted molar refractivity (Wildman–Crippen MR) is 305 cm³/mol. The fraction of sp³-hybridized carbons (Fsp3) is 0.919. The Bertz CT molecular complexity index is 1370. The highest BCUT2D eigenvalue weighted by atomic mass is 16.7. The van der Waals surface area contributed by atoms with Crippen LogP contribution in [0.1, 0.15) is 271 Å². The summed E-state index contributed by atoms with van der Waals surface area (Å²) in [5.41, 5.74) is 0. The molecule has 2 aliphatic heterocycles. The molecule has 14 heteroatoms. The minimum Gasteiger partial charge on any atom is -0.394 e. The van der Waals surface area contributed by atoms with E-state index in [4.69, 9.17) is 18.9 Å². The van der Waals surface area contributed by atoms with Gasteiger partial charge in [-0.3, -0.25) is 4.79 Å². The van der Waals surface area contributed by atoms with Crippen LogP contribution >= 0.6 is 0 Å². The number of hydrogen-bond donors (Lipinski definition) is 9. The molecular weight excluding hydrogens is 967 g/mol. The molecule has 448 valence electrons. The van der Waals surface area contributed by atoms with Gasteiger partial charge in [0.05, 0.1) is 32.0 Å². The van der Waals surface area contributed by atoms with Gasteiger partial charge in [0.25, 0.3) is 0 Å². The zero-order valence-corrected chi connectivity index (χ0v) is 48.3. The molecule has 0 aromatic carbocycles. The lowest BCUT2D eigenvalue weighted by Gasteiger charge is -2.46. The van der Waals surface area contributed by atoms with Crippen molar-refractivity contribution in [3.63, 3.8) is 0 Å². The average molecular weight is 1080 g/mol. The average Bonchev–Trinajstić information content (AvgIpc) is 3.42. The van der Waals surface area contributed by atoms with E-state index in [9.17, 15) is 45.6 Å². The van der Waals surface area contributed by atoms with E-state index in [1.807, 2.05) is 0 Å². The van der Waals surface area contributed by atoms with E-state index in [0.29, 0.717) is 12.8 Å². The number of nitrogens with one attached hydrogen (secondary N) is 1. The Morgan fingerprint density at radius 3 is 1.32 bits per heavy atom. The number of carbonyl (C=O) groups excluding carboxylic acids is 1. The van der Waals surface area contributed by atoms with Crippen molar-refractivity contribution < 1.29 is 64.6 Å². The van der Waals surface area contributed by atoms with E-state index in [0.717, 1.165) is 64.2 Å². The van der Waals surface area contributed by atoms with Crippen molar-refractivity contribution in [3.8, 4) is 0 Å². The van der Waals surface area contributed by atoms with E-state index in [-0.39, 0.29) is 12.5 Å². The maximum Gasteiger partial charge on any atom is 0.220 e. The molecule has 12 unspecified atom stereocenters. The van der Waals surface area contributed by atoms with Crippen LogP contribution in [0.4, 0.5) is 0 Å². The van der Waals surface area contributed by atoms with Crippen LogP contribution in [0.25, 0.3) is 0 Å². The van der Waals surface area contributed by atoms with Crippen molar-refractivity contribution in [1.82, 2.24) is 5.32 Å². The second-order valence-electron chi connectivity index (χ2n) is 22.5. The molecule has 2 heterocycles. The molecule has 0 spiro atoms. The number of ether oxygens (including phenoxy) is 4. The summed E-state index contributed by atoms with van der Waals surface area (Å²) < 4.78 is 22.9. The Hall–Kier alpha value is -1.53. The Morgan fingerprint density at radius 1 is 0.474 bits per heavy atom. The first-order valence-corrected chi connectivity index (χ1v) is 31.6. The van der Waals surface area contributed by atoms with Crippen molar-refractivity contribution in [2.24, 2.45) is 0 Å². The predicted octanol–water partition coefficient (Wildman–Crippen LogP) is 11.2. The summed E-state index contributed by atoms with van der Waals surface area (Å²) in [7, 11) is 0. The number of amides is 1. The van der Waals surface area contributed by atoms with Crippen LogP contribution in [-0.2, 0) is 23.7 Å². The second kappa shape index (κ2) is 48.2.